The van der Waals surface area contributed by atoms with Crippen molar-refractivity contribution in [2.75, 3.05) is 19.8 Å². The Hall–Kier alpha value is -1.69. The SMILES string of the molecule is CN(C)C(=O)CCCS(=O)c1cccc(C(=O)O)c1. The Morgan fingerprint density at radius 2 is 2.00 bits per heavy atom. The molecule has 1 unspecified atom stereocenters. The van der Waals surface area contributed by atoms with Crippen molar-refractivity contribution in [1.82, 2.24) is 4.90 Å². The lowest BCUT2D eigenvalue weighted by Gasteiger charge is -2.09. The highest BCUT2D eigenvalue weighted by Gasteiger charge is 2.10. The predicted molar refractivity (Wildman–Crippen MR) is 72.6 cm³/mol. The molecule has 0 saturated heterocycles. The largest absolute Gasteiger partial charge is 0.478 e. The van der Waals surface area contributed by atoms with Crippen LogP contribution in [0.2, 0.25) is 0 Å². The number of amides is 1. The molecule has 19 heavy (non-hydrogen) atoms. The van der Waals surface area contributed by atoms with Gasteiger partial charge in [0.1, 0.15) is 0 Å². The van der Waals surface area contributed by atoms with Crippen LogP contribution in [-0.4, -0.2) is 45.9 Å². The molecule has 0 heterocycles. The monoisotopic (exact) mass is 283 g/mol. The van der Waals surface area contributed by atoms with Crippen molar-refractivity contribution in [3.63, 3.8) is 0 Å². The molecule has 1 rings (SSSR count). The van der Waals surface area contributed by atoms with Crippen LogP contribution in [0.25, 0.3) is 0 Å². The maximum Gasteiger partial charge on any atom is 0.335 e. The average molecular weight is 283 g/mol. The average Bonchev–Trinajstić information content (AvgIpc) is 2.38. The number of benzene rings is 1. The molecule has 0 aromatic heterocycles. The smallest absolute Gasteiger partial charge is 0.335 e. The molecule has 0 aliphatic rings. The molecule has 0 spiro atoms. The van der Waals surface area contributed by atoms with Crippen LogP contribution in [0.15, 0.2) is 29.2 Å². The second-order valence-corrected chi connectivity index (χ2v) is 5.85. The van der Waals surface area contributed by atoms with Gasteiger partial charge in [-0.15, -0.1) is 0 Å². The van der Waals surface area contributed by atoms with E-state index in [2.05, 4.69) is 0 Å². The van der Waals surface area contributed by atoms with Crippen molar-refractivity contribution in [3.8, 4) is 0 Å². The van der Waals surface area contributed by atoms with Crippen LogP contribution in [0.3, 0.4) is 0 Å². The molecule has 0 radical (unpaired) electrons. The fraction of sp³-hybridized carbons (Fsp3) is 0.385. The second kappa shape index (κ2) is 7.04. The van der Waals surface area contributed by atoms with Crippen molar-refractivity contribution in [2.24, 2.45) is 0 Å². The van der Waals surface area contributed by atoms with E-state index < -0.39 is 16.8 Å². The zero-order chi connectivity index (χ0) is 14.4. The number of carbonyl (C=O) groups is 2. The molecule has 1 aromatic carbocycles. The van der Waals surface area contributed by atoms with Gasteiger partial charge in [-0.2, -0.15) is 0 Å². The first-order chi connectivity index (χ1) is 8.91. The van der Waals surface area contributed by atoms with Crippen LogP contribution >= 0.6 is 0 Å². The molecule has 1 aromatic rings. The summed E-state index contributed by atoms with van der Waals surface area (Å²) in [6, 6.07) is 6.07. The number of rotatable bonds is 6. The van der Waals surface area contributed by atoms with Crippen LogP contribution < -0.4 is 0 Å². The van der Waals surface area contributed by atoms with E-state index in [0.717, 1.165) is 0 Å². The molecule has 1 atom stereocenters. The molecule has 0 aliphatic carbocycles. The summed E-state index contributed by atoms with van der Waals surface area (Å²) in [6.07, 6.45) is 0.859. The van der Waals surface area contributed by atoms with Gasteiger partial charge in [0.2, 0.25) is 5.91 Å². The molecule has 0 aliphatic heterocycles. The fourth-order valence-electron chi connectivity index (χ4n) is 1.47. The third-order valence-electron chi connectivity index (χ3n) is 2.56. The maximum absolute atomic E-state index is 12.0. The first-order valence-electron chi connectivity index (χ1n) is 5.83. The van der Waals surface area contributed by atoms with E-state index in [1.54, 1.807) is 26.2 Å². The lowest BCUT2D eigenvalue weighted by molar-refractivity contribution is -0.128. The quantitative estimate of drug-likeness (QED) is 0.855. The van der Waals surface area contributed by atoms with E-state index >= 15 is 0 Å². The van der Waals surface area contributed by atoms with E-state index in [-0.39, 0.29) is 11.5 Å². The lowest BCUT2D eigenvalue weighted by atomic mass is 10.2. The standard InChI is InChI=1S/C13H17NO4S/c1-14(2)12(15)7-4-8-19(18)11-6-3-5-10(9-11)13(16)17/h3,5-6,9H,4,7-8H2,1-2H3,(H,16,17). The Balaban J connectivity index is 2.57. The van der Waals surface area contributed by atoms with Crippen LogP contribution in [0, 0.1) is 0 Å². The highest BCUT2D eigenvalue weighted by Crippen LogP contribution is 2.11. The van der Waals surface area contributed by atoms with E-state index in [1.807, 2.05) is 0 Å². The Bertz CT molecular complexity index is 499. The Morgan fingerprint density at radius 3 is 2.58 bits per heavy atom. The van der Waals surface area contributed by atoms with E-state index in [0.29, 0.717) is 23.5 Å². The molecular weight excluding hydrogens is 266 g/mol. The Labute approximate surface area is 114 Å². The van der Waals surface area contributed by atoms with Gasteiger partial charge < -0.3 is 10.0 Å². The predicted octanol–water partition coefficient (Wildman–Crippen LogP) is 1.36. The number of carboxylic acid groups (broad SMARTS) is 1. The Morgan fingerprint density at radius 1 is 1.32 bits per heavy atom. The molecule has 0 bridgehead atoms. The zero-order valence-corrected chi connectivity index (χ0v) is 11.8. The zero-order valence-electron chi connectivity index (χ0n) is 11.0. The summed E-state index contributed by atoms with van der Waals surface area (Å²) in [6.45, 7) is 0. The molecular formula is C13H17NO4S. The van der Waals surface area contributed by atoms with Gasteiger partial charge in [-0.25, -0.2) is 4.79 Å². The van der Waals surface area contributed by atoms with Crippen LogP contribution in [-0.2, 0) is 15.6 Å². The lowest BCUT2D eigenvalue weighted by Crippen LogP contribution is -2.21. The first kappa shape index (κ1) is 15.4. The minimum atomic E-state index is -1.27. The summed E-state index contributed by atoms with van der Waals surface area (Å²) in [5, 5.41) is 8.85. The van der Waals surface area contributed by atoms with Crippen molar-refractivity contribution in [2.45, 2.75) is 17.7 Å². The van der Waals surface area contributed by atoms with Gasteiger partial charge >= 0.3 is 5.97 Å². The number of nitrogens with zero attached hydrogens (tertiary/aromatic N) is 1. The molecule has 1 amide bonds. The highest BCUT2D eigenvalue weighted by molar-refractivity contribution is 7.85. The van der Waals surface area contributed by atoms with Crippen LogP contribution in [0.5, 0.6) is 0 Å². The summed E-state index contributed by atoms with van der Waals surface area (Å²) < 4.78 is 12.0. The first-order valence-corrected chi connectivity index (χ1v) is 7.15. The van der Waals surface area contributed by atoms with Crippen molar-refractivity contribution < 1.29 is 18.9 Å². The molecule has 5 nitrogen and oxygen atoms in total. The second-order valence-electron chi connectivity index (χ2n) is 4.27. The van der Waals surface area contributed by atoms with Gasteiger partial charge in [0.25, 0.3) is 0 Å². The summed E-state index contributed by atoms with van der Waals surface area (Å²) in [7, 11) is 2.08. The van der Waals surface area contributed by atoms with Crippen molar-refractivity contribution >= 4 is 22.7 Å². The summed E-state index contributed by atoms with van der Waals surface area (Å²) in [5.41, 5.74) is 0.121. The van der Waals surface area contributed by atoms with Crippen LogP contribution in [0.1, 0.15) is 23.2 Å². The van der Waals surface area contributed by atoms with Crippen molar-refractivity contribution in [1.29, 1.82) is 0 Å². The van der Waals surface area contributed by atoms with Gasteiger partial charge in [0, 0.05) is 31.2 Å². The van der Waals surface area contributed by atoms with E-state index in [1.165, 1.54) is 17.0 Å². The minimum absolute atomic E-state index is 0.00344. The van der Waals surface area contributed by atoms with Gasteiger partial charge in [-0.3, -0.25) is 9.00 Å². The van der Waals surface area contributed by atoms with Gasteiger partial charge in [-0.1, -0.05) is 6.07 Å². The maximum atomic E-state index is 12.0. The summed E-state index contributed by atoms with van der Waals surface area (Å²) >= 11 is 0. The van der Waals surface area contributed by atoms with Gasteiger partial charge in [0.05, 0.1) is 16.4 Å². The highest BCUT2D eigenvalue weighted by atomic mass is 32.2. The third kappa shape index (κ3) is 4.82. The van der Waals surface area contributed by atoms with Crippen molar-refractivity contribution in [3.05, 3.63) is 29.8 Å². The van der Waals surface area contributed by atoms with Gasteiger partial charge in [-0.05, 0) is 24.6 Å². The molecule has 0 saturated carbocycles. The van der Waals surface area contributed by atoms with E-state index in [4.69, 9.17) is 5.11 Å². The molecule has 104 valence electrons. The molecule has 1 N–H and O–H groups in total. The normalized spacial score (nSPS) is 11.9. The number of aromatic carboxylic acids is 1. The fourth-order valence-corrected chi connectivity index (χ4v) is 2.60. The molecule has 6 heteroatoms. The molecule has 0 fully saturated rings. The topological polar surface area (TPSA) is 74.7 Å². The van der Waals surface area contributed by atoms with Crippen LogP contribution in [0.4, 0.5) is 0 Å². The number of carboxylic acids is 1. The number of carbonyl (C=O) groups excluding carboxylic acids is 1. The number of hydrogen-bond donors (Lipinski definition) is 1. The minimum Gasteiger partial charge on any atom is -0.478 e. The summed E-state index contributed by atoms with van der Waals surface area (Å²) in [5.74, 6) is -0.694. The van der Waals surface area contributed by atoms with E-state index in [9.17, 15) is 13.8 Å². The third-order valence-corrected chi connectivity index (χ3v) is 4.00. The number of hydrogen-bond acceptors (Lipinski definition) is 3. The summed E-state index contributed by atoms with van der Waals surface area (Å²) in [4.78, 5) is 24.1. The van der Waals surface area contributed by atoms with Gasteiger partial charge in [0.15, 0.2) is 0 Å². The Kier molecular flexibility index (Phi) is 5.69.